The first-order chi connectivity index (χ1) is 8.99. The molecule has 1 N–H and O–H groups in total. The highest BCUT2D eigenvalue weighted by molar-refractivity contribution is 6.31. The Labute approximate surface area is 116 Å². The predicted molar refractivity (Wildman–Crippen MR) is 71.7 cm³/mol. The van der Waals surface area contributed by atoms with Crippen molar-refractivity contribution in [1.82, 2.24) is 24.9 Å². The molecule has 2 rings (SSSR count). The van der Waals surface area contributed by atoms with Crippen molar-refractivity contribution >= 4 is 17.5 Å². The van der Waals surface area contributed by atoms with Crippen LogP contribution in [0.2, 0.25) is 5.02 Å². The average Bonchev–Trinajstić information content (AvgIpc) is 2.94. The van der Waals surface area contributed by atoms with Gasteiger partial charge >= 0.3 is 0 Å². The molecule has 1 atom stereocenters. The third kappa shape index (κ3) is 2.96. The van der Waals surface area contributed by atoms with E-state index in [2.05, 4.69) is 15.5 Å². The maximum Gasteiger partial charge on any atom is 0.244 e. The quantitative estimate of drug-likeness (QED) is 0.923. The van der Waals surface area contributed by atoms with Crippen molar-refractivity contribution in [3.63, 3.8) is 0 Å². The molecule has 0 aliphatic carbocycles. The minimum atomic E-state index is -0.399. The van der Waals surface area contributed by atoms with Gasteiger partial charge in [0.25, 0.3) is 0 Å². The fourth-order valence-electron chi connectivity index (χ4n) is 1.80. The molecule has 0 bridgehead atoms. The highest BCUT2D eigenvalue weighted by Crippen LogP contribution is 2.17. The summed E-state index contributed by atoms with van der Waals surface area (Å²) >= 11 is 5.93. The molecule has 0 radical (unpaired) electrons. The lowest BCUT2D eigenvalue weighted by molar-refractivity contribution is -0.124. The topological polar surface area (TPSA) is 64.7 Å². The first-order valence-corrected chi connectivity index (χ1v) is 6.31. The third-order valence-corrected chi connectivity index (χ3v) is 3.33. The molecule has 6 nitrogen and oxygen atoms in total. The van der Waals surface area contributed by atoms with Gasteiger partial charge in [-0.25, -0.2) is 0 Å². The normalized spacial score (nSPS) is 12.4. The van der Waals surface area contributed by atoms with Crippen LogP contribution in [0, 0.1) is 6.92 Å². The van der Waals surface area contributed by atoms with Crippen LogP contribution < -0.4 is 5.32 Å². The second-order valence-electron chi connectivity index (χ2n) is 4.44. The van der Waals surface area contributed by atoms with Gasteiger partial charge in [0.2, 0.25) is 5.91 Å². The molecule has 2 heterocycles. The van der Waals surface area contributed by atoms with Crippen molar-refractivity contribution in [1.29, 1.82) is 0 Å². The fraction of sp³-hybridized carbons (Fsp3) is 0.417. The second kappa shape index (κ2) is 5.44. The molecule has 0 fully saturated rings. The van der Waals surface area contributed by atoms with Crippen LogP contribution >= 0.6 is 11.6 Å². The molecule has 7 heteroatoms. The van der Waals surface area contributed by atoms with Gasteiger partial charge in [0, 0.05) is 25.4 Å². The number of nitrogens with one attached hydrogen (secondary N) is 1. The summed E-state index contributed by atoms with van der Waals surface area (Å²) in [6.07, 6.45) is 5.13. The number of aryl methyl sites for hydroxylation is 1. The Balaban J connectivity index is 1.98. The molecule has 0 aliphatic heterocycles. The van der Waals surface area contributed by atoms with Crippen LogP contribution in [0.4, 0.5) is 0 Å². The van der Waals surface area contributed by atoms with E-state index in [0.717, 1.165) is 11.3 Å². The minimum absolute atomic E-state index is 0.105. The SMILES string of the molecule is Cc1c(Cl)cnn1C(C)C(=O)NCc1cnn(C)c1. The van der Waals surface area contributed by atoms with Crippen LogP contribution in [0.1, 0.15) is 24.2 Å². The van der Waals surface area contributed by atoms with Crippen LogP contribution in [0.5, 0.6) is 0 Å². The van der Waals surface area contributed by atoms with E-state index in [4.69, 9.17) is 11.6 Å². The van der Waals surface area contributed by atoms with Crippen molar-refractivity contribution in [3.05, 3.63) is 34.9 Å². The number of hydrogen-bond donors (Lipinski definition) is 1. The maximum absolute atomic E-state index is 12.0. The lowest BCUT2D eigenvalue weighted by Gasteiger charge is -2.14. The standard InChI is InChI=1S/C12H16ClN5O/c1-8-11(13)6-16-18(8)9(2)12(19)14-4-10-5-15-17(3)7-10/h5-7,9H,4H2,1-3H3,(H,14,19). The van der Waals surface area contributed by atoms with Gasteiger partial charge in [0.05, 0.1) is 23.1 Å². The number of carbonyl (C=O) groups excluding carboxylic acids is 1. The van der Waals surface area contributed by atoms with E-state index in [1.54, 1.807) is 28.7 Å². The molecule has 0 aliphatic rings. The molecule has 1 unspecified atom stereocenters. The van der Waals surface area contributed by atoms with Gasteiger partial charge in [-0.15, -0.1) is 0 Å². The molecular formula is C12H16ClN5O. The molecule has 0 spiro atoms. The van der Waals surface area contributed by atoms with E-state index in [1.165, 1.54) is 0 Å². The average molecular weight is 282 g/mol. The smallest absolute Gasteiger partial charge is 0.244 e. The number of halogens is 1. The molecule has 0 saturated carbocycles. The zero-order valence-electron chi connectivity index (χ0n) is 11.1. The summed E-state index contributed by atoms with van der Waals surface area (Å²) in [4.78, 5) is 12.0. The Morgan fingerprint density at radius 2 is 2.21 bits per heavy atom. The lowest BCUT2D eigenvalue weighted by Crippen LogP contribution is -2.31. The van der Waals surface area contributed by atoms with Gasteiger partial charge in [-0.1, -0.05) is 11.6 Å². The van der Waals surface area contributed by atoms with Gasteiger partial charge in [-0.2, -0.15) is 10.2 Å². The van der Waals surface area contributed by atoms with E-state index in [-0.39, 0.29) is 5.91 Å². The van der Waals surface area contributed by atoms with Crippen molar-refractivity contribution in [2.45, 2.75) is 26.4 Å². The molecule has 1 amide bonds. The van der Waals surface area contributed by atoms with E-state index >= 15 is 0 Å². The number of nitrogens with zero attached hydrogens (tertiary/aromatic N) is 4. The lowest BCUT2D eigenvalue weighted by atomic mass is 10.3. The summed E-state index contributed by atoms with van der Waals surface area (Å²) in [5.74, 6) is -0.105. The van der Waals surface area contributed by atoms with E-state index in [1.807, 2.05) is 20.2 Å². The monoisotopic (exact) mass is 281 g/mol. The summed E-state index contributed by atoms with van der Waals surface area (Å²) in [5, 5.41) is 11.6. The van der Waals surface area contributed by atoms with E-state index in [9.17, 15) is 4.79 Å². The number of aromatic nitrogens is 4. The van der Waals surface area contributed by atoms with Gasteiger partial charge < -0.3 is 5.32 Å². The van der Waals surface area contributed by atoms with Gasteiger partial charge in [-0.3, -0.25) is 14.2 Å². The minimum Gasteiger partial charge on any atom is -0.350 e. The summed E-state index contributed by atoms with van der Waals surface area (Å²) < 4.78 is 3.31. The van der Waals surface area contributed by atoms with Crippen LogP contribution in [-0.2, 0) is 18.4 Å². The number of carbonyl (C=O) groups is 1. The third-order valence-electron chi connectivity index (χ3n) is 2.96. The maximum atomic E-state index is 12.0. The highest BCUT2D eigenvalue weighted by atomic mass is 35.5. The van der Waals surface area contributed by atoms with Gasteiger partial charge in [0.1, 0.15) is 6.04 Å². The molecule has 0 aromatic carbocycles. The van der Waals surface area contributed by atoms with Gasteiger partial charge in [0.15, 0.2) is 0 Å². The largest absolute Gasteiger partial charge is 0.350 e. The Kier molecular flexibility index (Phi) is 3.90. The van der Waals surface area contributed by atoms with Crippen molar-refractivity contribution < 1.29 is 4.79 Å². The number of hydrogen-bond acceptors (Lipinski definition) is 3. The Morgan fingerprint density at radius 1 is 1.47 bits per heavy atom. The second-order valence-corrected chi connectivity index (χ2v) is 4.85. The predicted octanol–water partition coefficient (Wildman–Crippen LogP) is 1.46. The summed E-state index contributed by atoms with van der Waals surface area (Å²) in [6, 6.07) is -0.399. The summed E-state index contributed by atoms with van der Waals surface area (Å²) in [6.45, 7) is 4.07. The van der Waals surface area contributed by atoms with Crippen LogP contribution in [0.15, 0.2) is 18.6 Å². The zero-order chi connectivity index (χ0) is 14.0. The Morgan fingerprint density at radius 3 is 2.74 bits per heavy atom. The van der Waals surface area contributed by atoms with Crippen LogP contribution in [-0.4, -0.2) is 25.5 Å². The molecule has 2 aromatic rings. The Bertz CT molecular complexity index is 589. The molecule has 19 heavy (non-hydrogen) atoms. The van der Waals surface area contributed by atoms with E-state index < -0.39 is 6.04 Å². The van der Waals surface area contributed by atoms with E-state index in [0.29, 0.717) is 11.6 Å². The molecule has 2 aromatic heterocycles. The van der Waals surface area contributed by atoms with Crippen LogP contribution in [0.3, 0.4) is 0 Å². The summed E-state index contributed by atoms with van der Waals surface area (Å²) in [7, 11) is 1.84. The van der Waals surface area contributed by atoms with Gasteiger partial charge in [-0.05, 0) is 13.8 Å². The molecule has 102 valence electrons. The molecule has 0 saturated heterocycles. The zero-order valence-corrected chi connectivity index (χ0v) is 11.8. The summed E-state index contributed by atoms with van der Waals surface area (Å²) in [5.41, 5.74) is 1.74. The Hall–Kier alpha value is -1.82. The van der Waals surface area contributed by atoms with Crippen molar-refractivity contribution in [2.24, 2.45) is 7.05 Å². The highest BCUT2D eigenvalue weighted by Gasteiger charge is 2.18. The van der Waals surface area contributed by atoms with Crippen LogP contribution in [0.25, 0.3) is 0 Å². The number of rotatable bonds is 4. The van der Waals surface area contributed by atoms with Crippen molar-refractivity contribution in [3.8, 4) is 0 Å². The number of amides is 1. The molecular weight excluding hydrogens is 266 g/mol. The first-order valence-electron chi connectivity index (χ1n) is 5.94. The first kappa shape index (κ1) is 13.6. The van der Waals surface area contributed by atoms with Crippen molar-refractivity contribution in [2.75, 3.05) is 0 Å². The fourth-order valence-corrected chi connectivity index (χ4v) is 1.93.